The third kappa shape index (κ3) is 3.34. The number of hydrogen-bond acceptors (Lipinski definition) is 4. The summed E-state index contributed by atoms with van der Waals surface area (Å²) in [5.74, 6) is 1.54. The minimum absolute atomic E-state index is 0. The molecule has 0 saturated carbocycles. The van der Waals surface area contributed by atoms with Gasteiger partial charge in [-0.25, -0.2) is 0 Å². The fourth-order valence-corrected chi connectivity index (χ4v) is 2.55. The number of halogens is 2. The van der Waals surface area contributed by atoms with Crippen molar-refractivity contribution in [2.24, 2.45) is 11.7 Å². The van der Waals surface area contributed by atoms with Crippen molar-refractivity contribution in [1.29, 1.82) is 0 Å². The zero-order valence-electron chi connectivity index (χ0n) is 10.9. The van der Waals surface area contributed by atoms with E-state index in [9.17, 15) is 5.11 Å². The molecule has 3 atom stereocenters. The van der Waals surface area contributed by atoms with Crippen molar-refractivity contribution in [2.45, 2.75) is 32.4 Å². The first kappa shape index (κ1) is 16.6. The molecule has 19 heavy (non-hydrogen) atoms. The third-order valence-electron chi connectivity index (χ3n) is 3.45. The van der Waals surface area contributed by atoms with Gasteiger partial charge in [-0.2, -0.15) is 0 Å². The van der Waals surface area contributed by atoms with E-state index >= 15 is 0 Å². The first-order valence-electron chi connectivity index (χ1n) is 6.07. The highest BCUT2D eigenvalue weighted by atomic mass is 79.9. The van der Waals surface area contributed by atoms with Gasteiger partial charge in [0.25, 0.3) is 0 Å². The summed E-state index contributed by atoms with van der Waals surface area (Å²) >= 11 is 3.46. The van der Waals surface area contributed by atoms with Crippen LogP contribution in [0, 0.1) is 5.92 Å². The van der Waals surface area contributed by atoms with E-state index in [4.69, 9.17) is 15.2 Å². The highest BCUT2D eigenvalue weighted by Crippen LogP contribution is 2.39. The maximum absolute atomic E-state index is 10.2. The Balaban J connectivity index is 0.00000180. The molecule has 1 heterocycles. The van der Waals surface area contributed by atoms with Crippen molar-refractivity contribution in [3.05, 3.63) is 22.2 Å². The summed E-state index contributed by atoms with van der Waals surface area (Å²) in [6.45, 7) is 4.26. The Morgan fingerprint density at radius 2 is 1.95 bits per heavy atom. The molecule has 1 aliphatic rings. The molecule has 0 spiro atoms. The Kier molecular flexibility index (Phi) is 5.92. The Bertz CT molecular complexity index is 444. The zero-order chi connectivity index (χ0) is 13.3. The summed E-state index contributed by atoms with van der Waals surface area (Å²) in [7, 11) is 0. The normalized spacial score (nSPS) is 17.5. The van der Waals surface area contributed by atoms with Gasteiger partial charge in [-0.15, -0.1) is 12.4 Å². The first-order valence-corrected chi connectivity index (χ1v) is 6.86. The summed E-state index contributed by atoms with van der Waals surface area (Å²) in [6.07, 6.45) is 0.309. The maximum atomic E-state index is 10.2. The average molecular weight is 353 g/mol. The maximum Gasteiger partial charge on any atom is 0.231 e. The van der Waals surface area contributed by atoms with Crippen LogP contribution in [0.3, 0.4) is 0 Å². The highest BCUT2D eigenvalue weighted by molar-refractivity contribution is 9.10. The molecule has 0 bridgehead atoms. The Morgan fingerprint density at radius 1 is 1.37 bits per heavy atom. The molecule has 1 aliphatic heterocycles. The lowest BCUT2D eigenvalue weighted by Gasteiger charge is -2.25. The average Bonchev–Trinajstić information content (AvgIpc) is 2.82. The molecule has 0 amide bonds. The van der Waals surface area contributed by atoms with E-state index in [1.165, 1.54) is 0 Å². The summed E-state index contributed by atoms with van der Waals surface area (Å²) < 4.78 is 11.5. The second kappa shape index (κ2) is 6.79. The molecule has 0 aromatic heterocycles. The molecular weight excluding hydrogens is 334 g/mol. The second-order valence-corrected chi connectivity index (χ2v) is 5.48. The van der Waals surface area contributed by atoms with Crippen LogP contribution < -0.4 is 15.2 Å². The zero-order valence-corrected chi connectivity index (χ0v) is 13.3. The minimum Gasteiger partial charge on any atom is -0.454 e. The number of aliphatic hydroxyl groups is 1. The first-order chi connectivity index (χ1) is 8.54. The van der Waals surface area contributed by atoms with E-state index in [2.05, 4.69) is 15.9 Å². The molecule has 2 rings (SSSR count). The molecule has 1 aromatic rings. The van der Waals surface area contributed by atoms with Crippen LogP contribution >= 0.6 is 28.3 Å². The predicted molar refractivity (Wildman–Crippen MR) is 79.9 cm³/mol. The number of aliphatic hydroxyl groups excluding tert-OH is 1. The van der Waals surface area contributed by atoms with Gasteiger partial charge < -0.3 is 20.3 Å². The molecular formula is C13H19BrClNO3. The molecule has 6 heteroatoms. The molecule has 1 unspecified atom stereocenters. The highest BCUT2D eigenvalue weighted by Gasteiger charge is 2.26. The third-order valence-corrected chi connectivity index (χ3v) is 4.13. The lowest BCUT2D eigenvalue weighted by Crippen LogP contribution is -2.31. The molecule has 3 N–H and O–H groups in total. The van der Waals surface area contributed by atoms with E-state index < -0.39 is 12.1 Å². The largest absolute Gasteiger partial charge is 0.454 e. The molecule has 108 valence electrons. The van der Waals surface area contributed by atoms with Gasteiger partial charge in [-0.1, -0.05) is 36.2 Å². The van der Waals surface area contributed by atoms with Crippen molar-refractivity contribution in [2.75, 3.05) is 6.79 Å². The van der Waals surface area contributed by atoms with Crippen molar-refractivity contribution >= 4 is 28.3 Å². The van der Waals surface area contributed by atoms with Gasteiger partial charge in [0.05, 0.1) is 12.1 Å². The standard InChI is InChI=1S/C13H18BrNO3.ClH/c1-3-7(2)13(16)12(15)8-4-10-11(5-9(8)14)18-6-17-10;/h4-5,7,12-13,16H,3,6,15H2,1-2H3;1H/t7?,12-,13+;/m1./s1. The van der Waals surface area contributed by atoms with Crippen molar-refractivity contribution in [3.63, 3.8) is 0 Å². The van der Waals surface area contributed by atoms with Gasteiger partial charge in [-0.05, 0) is 23.6 Å². The number of hydrogen-bond donors (Lipinski definition) is 2. The van der Waals surface area contributed by atoms with Gasteiger partial charge in [0, 0.05) is 4.47 Å². The summed E-state index contributed by atoms with van der Waals surface area (Å²) in [5.41, 5.74) is 6.97. The number of fused-ring (bicyclic) bond motifs is 1. The number of benzene rings is 1. The van der Waals surface area contributed by atoms with Crippen molar-refractivity contribution in [3.8, 4) is 11.5 Å². The lowest BCUT2D eigenvalue weighted by atomic mass is 9.91. The minimum atomic E-state index is -0.577. The molecule has 0 fully saturated rings. The smallest absolute Gasteiger partial charge is 0.231 e. The van der Waals surface area contributed by atoms with Crippen LogP contribution in [0.2, 0.25) is 0 Å². The topological polar surface area (TPSA) is 64.7 Å². The molecule has 0 radical (unpaired) electrons. The number of ether oxygens (including phenoxy) is 2. The van der Waals surface area contributed by atoms with Crippen LogP contribution in [0.15, 0.2) is 16.6 Å². The SMILES string of the molecule is CCC(C)[C@H](O)[C@H](N)c1cc2c(cc1Br)OCO2.Cl. The quantitative estimate of drug-likeness (QED) is 0.874. The Labute approximate surface area is 127 Å². The van der Waals surface area contributed by atoms with Crippen LogP contribution in [0.1, 0.15) is 31.9 Å². The van der Waals surface area contributed by atoms with Crippen LogP contribution in [-0.4, -0.2) is 18.0 Å². The number of nitrogens with two attached hydrogens (primary N) is 1. The van der Waals surface area contributed by atoms with Crippen molar-refractivity contribution < 1.29 is 14.6 Å². The van der Waals surface area contributed by atoms with Gasteiger partial charge >= 0.3 is 0 Å². The van der Waals surface area contributed by atoms with E-state index in [1.54, 1.807) is 0 Å². The van der Waals surface area contributed by atoms with Gasteiger partial charge in [-0.3, -0.25) is 0 Å². The van der Waals surface area contributed by atoms with Crippen LogP contribution in [0.5, 0.6) is 11.5 Å². The molecule has 0 saturated heterocycles. The summed E-state index contributed by atoms with van der Waals surface area (Å²) in [6, 6.07) is 3.23. The molecule has 1 aromatic carbocycles. The fraction of sp³-hybridized carbons (Fsp3) is 0.538. The van der Waals surface area contributed by atoms with E-state index in [0.717, 1.165) is 16.5 Å². The second-order valence-electron chi connectivity index (χ2n) is 4.63. The Morgan fingerprint density at radius 3 is 2.53 bits per heavy atom. The van der Waals surface area contributed by atoms with Crippen LogP contribution in [0.4, 0.5) is 0 Å². The van der Waals surface area contributed by atoms with Crippen LogP contribution in [0.25, 0.3) is 0 Å². The summed E-state index contributed by atoms with van der Waals surface area (Å²) in [4.78, 5) is 0. The Hall–Kier alpha value is -0.490. The fourth-order valence-electron chi connectivity index (χ4n) is 1.97. The monoisotopic (exact) mass is 351 g/mol. The van der Waals surface area contributed by atoms with Gasteiger partial charge in [0.15, 0.2) is 11.5 Å². The van der Waals surface area contributed by atoms with E-state index in [-0.39, 0.29) is 25.1 Å². The number of rotatable bonds is 4. The van der Waals surface area contributed by atoms with E-state index in [1.807, 2.05) is 26.0 Å². The van der Waals surface area contributed by atoms with E-state index in [0.29, 0.717) is 11.5 Å². The van der Waals surface area contributed by atoms with Gasteiger partial charge in [0.1, 0.15) is 0 Å². The summed E-state index contributed by atoms with van der Waals surface area (Å²) in [5, 5.41) is 10.2. The van der Waals surface area contributed by atoms with Crippen LogP contribution in [-0.2, 0) is 0 Å². The van der Waals surface area contributed by atoms with Gasteiger partial charge in [0.2, 0.25) is 6.79 Å². The predicted octanol–water partition coefficient (Wildman–Crippen LogP) is 3.01. The van der Waals surface area contributed by atoms with Crippen molar-refractivity contribution in [1.82, 2.24) is 0 Å². The molecule has 4 nitrogen and oxygen atoms in total. The lowest BCUT2D eigenvalue weighted by molar-refractivity contribution is 0.0877. The molecule has 0 aliphatic carbocycles.